The van der Waals surface area contributed by atoms with Gasteiger partial charge in [-0.3, -0.25) is 4.79 Å². The molecule has 6 heteroatoms. The van der Waals surface area contributed by atoms with Gasteiger partial charge in [-0.2, -0.15) is 0 Å². The number of morpholine rings is 1. The van der Waals surface area contributed by atoms with E-state index >= 15 is 0 Å². The van der Waals surface area contributed by atoms with Gasteiger partial charge in [-0.15, -0.1) is 0 Å². The van der Waals surface area contributed by atoms with Crippen LogP contribution in [0.4, 0.5) is 4.39 Å². The Balaban J connectivity index is 2.20. The van der Waals surface area contributed by atoms with Crippen LogP contribution in [0, 0.1) is 5.82 Å². The Morgan fingerprint density at radius 1 is 1.42 bits per heavy atom. The molecular weight excluding hydrogens is 251 g/mol. The fraction of sp³-hybridized carbons (Fsp3) is 0.462. The zero-order valence-corrected chi connectivity index (χ0v) is 10.6. The summed E-state index contributed by atoms with van der Waals surface area (Å²) in [6, 6.07) is 3.92. The summed E-state index contributed by atoms with van der Waals surface area (Å²) in [5.41, 5.74) is 5.60. The van der Waals surface area contributed by atoms with E-state index in [9.17, 15) is 9.18 Å². The van der Waals surface area contributed by atoms with Crippen LogP contribution in [0.15, 0.2) is 18.2 Å². The quantitative estimate of drug-likeness (QED) is 0.870. The molecule has 1 aliphatic rings. The van der Waals surface area contributed by atoms with E-state index in [1.54, 1.807) is 4.90 Å². The molecule has 0 aromatic heterocycles. The highest BCUT2D eigenvalue weighted by molar-refractivity contribution is 5.97. The van der Waals surface area contributed by atoms with E-state index in [0.29, 0.717) is 38.6 Å². The van der Waals surface area contributed by atoms with E-state index in [1.807, 2.05) is 0 Å². The molecule has 0 atom stereocenters. The van der Waals surface area contributed by atoms with Crippen molar-refractivity contribution >= 4 is 5.91 Å². The molecule has 1 aromatic rings. The van der Waals surface area contributed by atoms with E-state index in [2.05, 4.69) is 0 Å². The number of hydrogen-bond donors (Lipinski definition) is 1. The minimum Gasteiger partial charge on any atom is -0.491 e. The third-order valence-electron chi connectivity index (χ3n) is 2.85. The van der Waals surface area contributed by atoms with Crippen LogP contribution >= 0.6 is 0 Å². The molecule has 2 N–H and O–H groups in total. The summed E-state index contributed by atoms with van der Waals surface area (Å²) in [7, 11) is 0. The molecule has 1 heterocycles. The highest BCUT2D eigenvalue weighted by atomic mass is 19.1. The second kappa shape index (κ2) is 6.49. The summed E-state index contributed by atoms with van der Waals surface area (Å²) >= 11 is 0. The minimum atomic E-state index is -0.461. The predicted molar refractivity (Wildman–Crippen MR) is 67.7 cm³/mol. The molecule has 0 saturated carbocycles. The van der Waals surface area contributed by atoms with Gasteiger partial charge in [-0.05, 0) is 18.2 Å². The number of nitrogens with zero attached hydrogens (tertiary/aromatic N) is 1. The lowest BCUT2D eigenvalue weighted by molar-refractivity contribution is 0.0300. The molecule has 1 fully saturated rings. The molecule has 104 valence electrons. The van der Waals surface area contributed by atoms with Gasteiger partial charge < -0.3 is 20.1 Å². The number of amides is 1. The maximum absolute atomic E-state index is 13.3. The first-order valence-electron chi connectivity index (χ1n) is 6.22. The van der Waals surface area contributed by atoms with Crippen molar-refractivity contribution in [1.82, 2.24) is 4.90 Å². The van der Waals surface area contributed by atoms with Crippen molar-refractivity contribution in [3.8, 4) is 5.75 Å². The summed E-state index contributed by atoms with van der Waals surface area (Å²) in [5, 5.41) is 0. The number of rotatable bonds is 4. The molecule has 0 unspecified atom stereocenters. The summed E-state index contributed by atoms with van der Waals surface area (Å²) in [6.45, 7) is 2.63. The van der Waals surface area contributed by atoms with Crippen LogP contribution in [-0.2, 0) is 4.74 Å². The molecule has 1 aromatic carbocycles. The van der Waals surface area contributed by atoms with Crippen LogP contribution in [-0.4, -0.2) is 50.3 Å². The number of hydrogen-bond acceptors (Lipinski definition) is 4. The van der Waals surface area contributed by atoms with E-state index in [0.717, 1.165) is 0 Å². The van der Waals surface area contributed by atoms with E-state index in [-0.39, 0.29) is 18.1 Å². The fourth-order valence-electron chi connectivity index (χ4n) is 1.90. The molecule has 0 bridgehead atoms. The van der Waals surface area contributed by atoms with Gasteiger partial charge in [0.1, 0.15) is 18.2 Å². The van der Waals surface area contributed by atoms with E-state index < -0.39 is 5.82 Å². The largest absolute Gasteiger partial charge is 0.491 e. The standard InChI is InChI=1S/C13H17FN2O3/c14-10-1-2-12(19-6-3-15)11(9-10)13(17)16-4-7-18-8-5-16/h1-2,9H,3-8,15H2. The number of ether oxygens (including phenoxy) is 2. The van der Waals surface area contributed by atoms with Crippen molar-refractivity contribution in [2.24, 2.45) is 5.73 Å². The lowest BCUT2D eigenvalue weighted by Crippen LogP contribution is -2.40. The van der Waals surface area contributed by atoms with Gasteiger partial charge >= 0.3 is 0 Å². The van der Waals surface area contributed by atoms with Crippen molar-refractivity contribution in [3.05, 3.63) is 29.6 Å². The maximum atomic E-state index is 13.3. The molecule has 1 amide bonds. The number of nitrogens with two attached hydrogens (primary N) is 1. The van der Waals surface area contributed by atoms with Crippen molar-refractivity contribution in [2.75, 3.05) is 39.5 Å². The third-order valence-corrected chi connectivity index (χ3v) is 2.85. The first-order chi connectivity index (χ1) is 9.22. The Bertz CT molecular complexity index is 448. The van der Waals surface area contributed by atoms with Crippen molar-refractivity contribution in [1.29, 1.82) is 0 Å². The fourth-order valence-corrected chi connectivity index (χ4v) is 1.90. The summed E-state index contributed by atoms with van der Waals surface area (Å²) in [6.07, 6.45) is 0. The van der Waals surface area contributed by atoms with Crippen LogP contribution in [0.3, 0.4) is 0 Å². The molecule has 0 spiro atoms. The number of carbonyl (C=O) groups is 1. The first kappa shape index (κ1) is 13.8. The Morgan fingerprint density at radius 2 is 2.16 bits per heavy atom. The molecule has 0 radical (unpaired) electrons. The highest BCUT2D eigenvalue weighted by Crippen LogP contribution is 2.22. The Labute approximate surface area is 111 Å². The van der Waals surface area contributed by atoms with Gasteiger partial charge in [0.05, 0.1) is 18.8 Å². The predicted octanol–water partition coefficient (Wildman–Crippen LogP) is 0.636. The van der Waals surface area contributed by atoms with Crippen LogP contribution in [0.2, 0.25) is 0 Å². The van der Waals surface area contributed by atoms with Crippen LogP contribution in [0.5, 0.6) is 5.75 Å². The molecule has 5 nitrogen and oxygen atoms in total. The molecule has 1 aliphatic heterocycles. The van der Waals surface area contributed by atoms with Gasteiger partial charge in [0, 0.05) is 19.6 Å². The second-order valence-corrected chi connectivity index (χ2v) is 4.18. The molecule has 2 rings (SSSR count). The lowest BCUT2D eigenvalue weighted by atomic mass is 10.1. The van der Waals surface area contributed by atoms with Gasteiger partial charge in [-0.25, -0.2) is 4.39 Å². The zero-order valence-electron chi connectivity index (χ0n) is 10.6. The maximum Gasteiger partial charge on any atom is 0.257 e. The van der Waals surface area contributed by atoms with Crippen LogP contribution in [0.25, 0.3) is 0 Å². The van der Waals surface area contributed by atoms with Crippen molar-refractivity contribution in [3.63, 3.8) is 0 Å². The van der Waals surface area contributed by atoms with E-state index in [4.69, 9.17) is 15.2 Å². The average molecular weight is 268 g/mol. The second-order valence-electron chi connectivity index (χ2n) is 4.18. The topological polar surface area (TPSA) is 64.8 Å². The van der Waals surface area contributed by atoms with Gasteiger partial charge in [0.2, 0.25) is 0 Å². The van der Waals surface area contributed by atoms with Gasteiger partial charge in [0.25, 0.3) is 5.91 Å². The number of halogens is 1. The molecule has 19 heavy (non-hydrogen) atoms. The number of benzene rings is 1. The normalized spacial score (nSPS) is 15.4. The van der Waals surface area contributed by atoms with Crippen molar-refractivity contribution in [2.45, 2.75) is 0 Å². The van der Waals surface area contributed by atoms with Crippen LogP contribution in [0.1, 0.15) is 10.4 Å². The monoisotopic (exact) mass is 268 g/mol. The van der Waals surface area contributed by atoms with Crippen LogP contribution < -0.4 is 10.5 Å². The molecular formula is C13H17FN2O3. The summed E-state index contributed by atoms with van der Waals surface area (Å²) in [5.74, 6) is -0.338. The zero-order chi connectivity index (χ0) is 13.7. The Kier molecular flexibility index (Phi) is 4.70. The van der Waals surface area contributed by atoms with Gasteiger partial charge in [0.15, 0.2) is 0 Å². The number of carbonyl (C=O) groups excluding carboxylic acids is 1. The Hall–Kier alpha value is -1.66. The minimum absolute atomic E-state index is 0.232. The lowest BCUT2D eigenvalue weighted by Gasteiger charge is -2.27. The van der Waals surface area contributed by atoms with Crippen molar-refractivity contribution < 1.29 is 18.7 Å². The van der Waals surface area contributed by atoms with E-state index in [1.165, 1.54) is 18.2 Å². The SMILES string of the molecule is NCCOc1ccc(F)cc1C(=O)N1CCOCC1. The third kappa shape index (κ3) is 3.42. The average Bonchev–Trinajstić information content (AvgIpc) is 2.46. The highest BCUT2D eigenvalue weighted by Gasteiger charge is 2.22. The molecule has 0 aliphatic carbocycles. The molecule has 1 saturated heterocycles. The smallest absolute Gasteiger partial charge is 0.257 e. The summed E-state index contributed by atoms with van der Waals surface area (Å²) < 4.78 is 23.9. The van der Waals surface area contributed by atoms with Gasteiger partial charge in [-0.1, -0.05) is 0 Å². The Morgan fingerprint density at radius 3 is 2.84 bits per heavy atom. The summed E-state index contributed by atoms with van der Waals surface area (Å²) in [4.78, 5) is 14.0. The first-order valence-corrected chi connectivity index (χ1v) is 6.22.